The summed E-state index contributed by atoms with van der Waals surface area (Å²) in [5, 5.41) is -0.0427. The molecule has 3 rings (SSSR count). The zero-order valence-corrected chi connectivity index (χ0v) is 16.7. The van der Waals surface area contributed by atoms with Gasteiger partial charge in [0, 0.05) is 15.6 Å². The lowest BCUT2D eigenvalue weighted by molar-refractivity contribution is -0.274. The second-order valence-electron chi connectivity index (χ2n) is 8.83. The molecule has 1 aromatic rings. The minimum Gasteiger partial charge on any atom is -0.391 e. The Morgan fingerprint density at radius 3 is 2.08 bits per heavy atom. The van der Waals surface area contributed by atoms with Crippen LogP contribution in [0.15, 0.2) is 30.3 Å². The van der Waals surface area contributed by atoms with Crippen molar-refractivity contribution in [2.75, 3.05) is 13.2 Å². The smallest absolute Gasteiger partial charge is 0.349 e. The van der Waals surface area contributed by atoms with Crippen molar-refractivity contribution in [1.29, 1.82) is 0 Å². The van der Waals surface area contributed by atoms with E-state index >= 15 is 0 Å². The quantitative estimate of drug-likeness (QED) is 0.696. The fourth-order valence-electron chi connectivity index (χ4n) is 3.97. The predicted octanol–water partition coefficient (Wildman–Crippen LogP) is 4.56. The van der Waals surface area contributed by atoms with Crippen LogP contribution >= 0.6 is 0 Å². The highest BCUT2D eigenvalue weighted by Crippen LogP contribution is 2.54. The first-order chi connectivity index (χ1) is 11.1. The first-order valence-electron chi connectivity index (χ1n) is 8.78. The van der Waals surface area contributed by atoms with Gasteiger partial charge >= 0.3 is 8.56 Å². The molecule has 2 aliphatic rings. The van der Waals surface area contributed by atoms with E-state index in [0.717, 1.165) is 5.56 Å². The van der Waals surface area contributed by atoms with E-state index in [-0.39, 0.29) is 28.6 Å². The molecule has 2 heterocycles. The second kappa shape index (κ2) is 6.22. The van der Waals surface area contributed by atoms with Crippen molar-refractivity contribution in [2.24, 2.45) is 0 Å². The molecule has 0 saturated carbocycles. The monoisotopic (exact) mass is 350 g/mol. The Balaban J connectivity index is 1.77. The van der Waals surface area contributed by atoms with Gasteiger partial charge in [0.1, 0.15) is 6.10 Å². The number of ether oxygens (including phenoxy) is 2. The lowest BCUT2D eigenvalue weighted by Gasteiger charge is -2.55. The van der Waals surface area contributed by atoms with Gasteiger partial charge in [-0.05, 0) is 0 Å². The van der Waals surface area contributed by atoms with E-state index in [1.807, 2.05) is 30.3 Å². The van der Waals surface area contributed by atoms with Crippen LogP contribution in [0.25, 0.3) is 0 Å². The molecule has 3 atom stereocenters. The lowest BCUT2D eigenvalue weighted by atomic mass is 10.1. The summed E-state index contributed by atoms with van der Waals surface area (Å²) < 4.78 is 25.3. The molecule has 1 aromatic carbocycles. The van der Waals surface area contributed by atoms with Gasteiger partial charge in [-0.15, -0.1) is 0 Å². The Bertz CT molecular complexity index is 547. The molecule has 2 aliphatic heterocycles. The van der Waals surface area contributed by atoms with Crippen molar-refractivity contribution in [3.05, 3.63) is 35.9 Å². The summed E-state index contributed by atoms with van der Waals surface area (Å²) in [5.41, 5.74) is 1.04. The summed E-state index contributed by atoms with van der Waals surface area (Å²) in [6, 6.07) is 10.0. The molecule has 0 aromatic heterocycles. The molecule has 5 heteroatoms. The average molecular weight is 351 g/mol. The van der Waals surface area contributed by atoms with Gasteiger partial charge in [0.25, 0.3) is 0 Å². The molecule has 0 N–H and O–H groups in total. The lowest BCUT2D eigenvalue weighted by Crippen LogP contribution is -2.66. The van der Waals surface area contributed by atoms with Crippen LogP contribution in [0, 0.1) is 0 Å². The first kappa shape index (κ1) is 18.1. The highest BCUT2D eigenvalue weighted by atomic mass is 28.4. The molecule has 4 nitrogen and oxygen atoms in total. The normalized spacial score (nSPS) is 30.7. The van der Waals surface area contributed by atoms with Crippen molar-refractivity contribution >= 4 is 8.56 Å². The van der Waals surface area contributed by atoms with Crippen molar-refractivity contribution in [3.63, 3.8) is 0 Å². The molecule has 24 heavy (non-hydrogen) atoms. The van der Waals surface area contributed by atoms with Gasteiger partial charge in [0.2, 0.25) is 0 Å². The molecule has 0 bridgehead atoms. The second-order valence-corrected chi connectivity index (χ2v) is 13.6. The van der Waals surface area contributed by atoms with Crippen LogP contribution in [-0.2, 0) is 18.3 Å². The molecular weight excluding hydrogens is 320 g/mol. The maximum Gasteiger partial charge on any atom is 0.349 e. The van der Waals surface area contributed by atoms with Crippen LogP contribution in [0.4, 0.5) is 0 Å². The van der Waals surface area contributed by atoms with E-state index < -0.39 is 8.56 Å². The number of benzene rings is 1. The number of fused-ring (bicyclic) bond motifs is 1. The molecule has 0 amide bonds. The van der Waals surface area contributed by atoms with Crippen LogP contribution in [0.3, 0.4) is 0 Å². The summed E-state index contributed by atoms with van der Waals surface area (Å²) >= 11 is 0. The van der Waals surface area contributed by atoms with Crippen LogP contribution in [-0.4, -0.2) is 34.0 Å². The third-order valence-electron chi connectivity index (χ3n) is 4.94. The van der Waals surface area contributed by atoms with Gasteiger partial charge in [-0.2, -0.15) is 0 Å². The largest absolute Gasteiger partial charge is 0.391 e. The molecule has 0 unspecified atom stereocenters. The van der Waals surface area contributed by atoms with Crippen molar-refractivity contribution in [2.45, 2.75) is 70.1 Å². The van der Waals surface area contributed by atoms with Crippen LogP contribution in [0.5, 0.6) is 0 Å². The maximum atomic E-state index is 6.66. The molecule has 0 spiro atoms. The fraction of sp³-hybridized carbons (Fsp3) is 0.684. The van der Waals surface area contributed by atoms with E-state index in [1.165, 1.54) is 0 Å². The average Bonchev–Trinajstić information content (AvgIpc) is 2.52. The Kier molecular flexibility index (Phi) is 4.68. The van der Waals surface area contributed by atoms with E-state index in [0.29, 0.717) is 13.2 Å². The topological polar surface area (TPSA) is 36.9 Å². The molecule has 2 fully saturated rings. The van der Waals surface area contributed by atoms with Crippen molar-refractivity contribution in [3.8, 4) is 0 Å². The third-order valence-corrected chi connectivity index (χ3v) is 10.1. The summed E-state index contributed by atoms with van der Waals surface area (Å²) in [7, 11) is -2.46. The number of hydrogen-bond acceptors (Lipinski definition) is 4. The van der Waals surface area contributed by atoms with Gasteiger partial charge in [-0.3, -0.25) is 0 Å². The molecule has 0 aliphatic carbocycles. The predicted molar refractivity (Wildman–Crippen MR) is 96.0 cm³/mol. The highest BCUT2D eigenvalue weighted by Gasteiger charge is 2.62. The molecule has 2 saturated heterocycles. The SMILES string of the molecule is CC(C)(C)[Si]1(C(C)(C)C)OC[C@@H]2O[C@H](c3ccccc3)OC[C@H]2O1. The van der Waals surface area contributed by atoms with Crippen LogP contribution < -0.4 is 0 Å². The van der Waals surface area contributed by atoms with Gasteiger partial charge < -0.3 is 18.3 Å². The van der Waals surface area contributed by atoms with E-state index in [2.05, 4.69) is 41.5 Å². The zero-order valence-electron chi connectivity index (χ0n) is 15.7. The van der Waals surface area contributed by atoms with Gasteiger partial charge in [-0.25, -0.2) is 0 Å². The summed E-state index contributed by atoms with van der Waals surface area (Å²) in [4.78, 5) is 0. The minimum atomic E-state index is -2.46. The standard InChI is InChI=1S/C19H30O4Si/c1-18(2,3)24(19(4,5)6)21-13-15-16(23-24)12-20-17(22-15)14-10-8-7-9-11-14/h7-11,15-17H,12-13H2,1-6H3/t15-,16+,17+/m0/s1. The summed E-state index contributed by atoms with van der Waals surface area (Å²) in [6.45, 7) is 14.5. The highest BCUT2D eigenvalue weighted by molar-refractivity contribution is 6.73. The Morgan fingerprint density at radius 1 is 0.875 bits per heavy atom. The van der Waals surface area contributed by atoms with E-state index in [4.69, 9.17) is 18.3 Å². The van der Waals surface area contributed by atoms with Gasteiger partial charge in [-0.1, -0.05) is 71.9 Å². The Morgan fingerprint density at radius 2 is 1.50 bits per heavy atom. The van der Waals surface area contributed by atoms with Crippen molar-refractivity contribution < 1.29 is 18.3 Å². The van der Waals surface area contributed by atoms with E-state index in [9.17, 15) is 0 Å². The maximum absolute atomic E-state index is 6.66. The van der Waals surface area contributed by atoms with Gasteiger partial charge in [0.15, 0.2) is 6.29 Å². The number of rotatable bonds is 1. The van der Waals surface area contributed by atoms with Crippen LogP contribution in [0.1, 0.15) is 53.4 Å². The zero-order chi connectivity index (χ0) is 17.6. The summed E-state index contributed by atoms with van der Waals surface area (Å²) in [5.74, 6) is 0. The molecular formula is C19H30O4Si. The minimum absolute atomic E-state index is 0.0213. The Labute approximate surface area is 146 Å². The Hall–Kier alpha value is -0.723. The summed E-state index contributed by atoms with van der Waals surface area (Å²) in [6.07, 6.45) is -0.462. The molecule has 134 valence electrons. The van der Waals surface area contributed by atoms with Gasteiger partial charge in [0.05, 0.1) is 19.3 Å². The first-order valence-corrected chi connectivity index (χ1v) is 10.6. The van der Waals surface area contributed by atoms with Crippen LogP contribution in [0.2, 0.25) is 10.1 Å². The molecule has 0 radical (unpaired) electrons. The van der Waals surface area contributed by atoms with E-state index in [1.54, 1.807) is 0 Å². The third kappa shape index (κ3) is 3.08. The van der Waals surface area contributed by atoms with Crippen molar-refractivity contribution in [1.82, 2.24) is 0 Å². The fourth-order valence-corrected chi connectivity index (χ4v) is 8.91. The number of hydrogen-bond donors (Lipinski definition) is 0.